The van der Waals surface area contributed by atoms with Gasteiger partial charge in [0.2, 0.25) is 5.91 Å². The fourth-order valence-corrected chi connectivity index (χ4v) is 2.38. The molecule has 2 fully saturated rings. The molecule has 2 amide bonds. The van der Waals surface area contributed by atoms with Gasteiger partial charge in [0.1, 0.15) is 0 Å². The number of hydrogen-bond acceptors (Lipinski definition) is 3. The summed E-state index contributed by atoms with van der Waals surface area (Å²) >= 11 is 0. The number of carbonyl (C=O) groups excluding carboxylic acids is 2. The quantitative estimate of drug-likeness (QED) is 0.787. The molecule has 5 nitrogen and oxygen atoms in total. The lowest BCUT2D eigenvalue weighted by Gasteiger charge is -2.36. The van der Waals surface area contributed by atoms with Crippen molar-refractivity contribution in [1.82, 2.24) is 10.2 Å². The zero-order valence-corrected chi connectivity index (χ0v) is 10.3. The van der Waals surface area contributed by atoms with E-state index in [0.29, 0.717) is 5.91 Å². The summed E-state index contributed by atoms with van der Waals surface area (Å²) in [5, 5.41) is 2.79. The minimum absolute atomic E-state index is 0.146. The van der Waals surface area contributed by atoms with Crippen molar-refractivity contribution in [3.05, 3.63) is 0 Å². The molecular formula is C12H20N2O3. The van der Waals surface area contributed by atoms with E-state index in [9.17, 15) is 9.59 Å². The van der Waals surface area contributed by atoms with Crippen LogP contribution in [0.4, 0.5) is 4.79 Å². The Morgan fingerprint density at radius 1 is 1.18 bits per heavy atom. The summed E-state index contributed by atoms with van der Waals surface area (Å²) in [6, 6.07) is 0.146. The van der Waals surface area contributed by atoms with Crippen LogP contribution >= 0.6 is 0 Å². The second-order valence-corrected chi connectivity index (χ2v) is 4.86. The Hall–Kier alpha value is -1.26. The van der Waals surface area contributed by atoms with Gasteiger partial charge in [0.15, 0.2) is 0 Å². The van der Waals surface area contributed by atoms with Gasteiger partial charge in [0.25, 0.3) is 0 Å². The molecule has 1 aliphatic carbocycles. The maximum absolute atomic E-state index is 12.0. The fourth-order valence-electron chi connectivity index (χ4n) is 2.38. The molecule has 2 rings (SSSR count). The summed E-state index contributed by atoms with van der Waals surface area (Å²) in [6.07, 6.45) is 4.57. The van der Waals surface area contributed by atoms with Crippen LogP contribution in [0.5, 0.6) is 0 Å². The predicted octanol–water partition coefficient (Wildman–Crippen LogP) is 1.13. The number of hydrogen-bond donors (Lipinski definition) is 1. The van der Waals surface area contributed by atoms with Gasteiger partial charge in [-0.2, -0.15) is 0 Å². The van der Waals surface area contributed by atoms with E-state index in [-0.39, 0.29) is 18.1 Å². The molecule has 96 valence electrons. The van der Waals surface area contributed by atoms with Crippen molar-refractivity contribution < 1.29 is 14.3 Å². The summed E-state index contributed by atoms with van der Waals surface area (Å²) < 4.78 is 4.56. The number of piperidine rings is 1. The summed E-state index contributed by atoms with van der Waals surface area (Å²) in [6.45, 7) is 1.51. The lowest BCUT2D eigenvalue weighted by atomic mass is 9.84. The third kappa shape index (κ3) is 2.90. The molecule has 0 aromatic heterocycles. The second kappa shape index (κ2) is 5.38. The van der Waals surface area contributed by atoms with Gasteiger partial charge in [-0.3, -0.25) is 4.79 Å². The van der Waals surface area contributed by atoms with Gasteiger partial charge in [0.05, 0.1) is 7.11 Å². The van der Waals surface area contributed by atoms with E-state index in [0.717, 1.165) is 38.8 Å². The first-order chi connectivity index (χ1) is 8.20. The normalized spacial score (nSPS) is 21.8. The van der Waals surface area contributed by atoms with E-state index in [1.807, 2.05) is 4.90 Å². The van der Waals surface area contributed by atoms with Crippen LogP contribution in [0.1, 0.15) is 32.1 Å². The van der Waals surface area contributed by atoms with Gasteiger partial charge in [-0.25, -0.2) is 4.79 Å². The van der Waals surface area contributed by atoms with Gasteiger partial charge in [-0.05, 0) is 25.7 Å². The zero-order chi connectivity index (χ0) is 12.3. The van der Waals surface area contributed by atoms with E-state index >= 15 is 0 Å². The molecule has 17 heavy (non-hydrogen) atoms. The van der Waals surface area contributed by atoms with Crippen molar-refractivity contribution >= 4 is 12.0 Å². The van der Waals surface area contributed by atoms with Gasteiger partial charge in [-0.15, -0.1) is 0 Å². The third-order valence-electron chi connectivity index (χ3n) is 3.77. The monoisotopic (exact) mass is 240 g/mol. The molecule has 0 aromatic rings. The number of alkyl carbamates (subject to hydrolysis) is 1. The zero-order valence-electron chi connectivity index (χ0n) is 10.3. The van der Waals surface area contributed by atoms with Crippen LogP contribution < -0.4 is 5.32 Å². The minimum Gasteiger partial charge on any atom is -0.453 e. The lowest BCUT2D eigenvalue weighted by molar-refractivity contribution is -0.139. The molecule has 0 radical (unpaired) electrons. The molecule has 0 atom stereocenters. The summed E-state index contributed by atoms with van der Waals surface area (Å²) in [5.41, 5.74) is 0. The second-order valence-electron chi connectivity index (χ2n) is 4.86. The van der Waals surface area contributed by atoms with E-state index in [1.54, 1.807) is 0 Å². The third-order valence-corrected chi connectivity index (χ3v) is 3.77. The smallest absolute Gasteiger partial charge is 0.407 e. The summed E-state index contributed by atoms with van der Waals surface area (Å²) in [4.78, 5) is 25.0. The average molecular weight is 240 g/mol. The molecule has 0 aromatic carbocycles. The van der Waals surface area contributed by atoms with Gasteiger partial charge in [0, 0.05) is 25.0 Å². The molecule has 1 saturated heterocycles. The van der Waals surface area contributed by atoms with Crippen LogP contribution in [0.15, 0.2) is 0 Å². The Bertz CT molecular complexity index is 294. The molecule has 5 heteroatoms. The summed E-state index contributed by atoms with van der Waals surface area (Å²) in [5.74, 6) is 0.591. The topological polar surface area (TPSA) is 58.6 Å². The van der Waals surface area contributed by atoms with Crippen LogP contribution in [0.3, 0.4) is 0 Å². The Morgan fingerprint density at radius 2 is 1.82 bits per heavy atom. The van der Waals surface area contributed by atoms with E-state index in [1.165, 1.54) is 13.5 Å². The van der Waals surface area contributed by atoms with Crippen molar-refractivity contribution in [1.29, 1.82) is 0 Å². The highest BCUT2D eigenvalue weighted by molar-refractivity contribution is 5.79. The van der Waals surface area contributed by atoms with Gasteiger partial charge >= 0.3 is 6.09 Å². The van der Waals surface area contributed by atoms with Crippen LogP contribution in [0, 0.1) is 5.92 Å². The molecule has 0 bridgehead atoms. The van der Waals surface area contributed by atoms with Crippen molar-refractivity contribution in [3.8, 4) is 0 Å². The number of ether oxygens (including phenoxy) is 1. The maximum Gasteiger partial charge on any atom is 0.407 e. The van der Waals surface area contributed by atoms with Crippen LogP contribution in [0.2, 0.25) is 0 Å². The number of nitrogens with one attached hydrogen (secondary N) is 1. The Morgan fingerprint density at radius 3 is 2.29 bits per heavy atom. The van der Waals surface area contributed by atoms with E-state index < -0.39 is 0 Å². The highest BCUT2D eigenvalue weighted by Gasteiger charge is 2.31. The predicted molar refractivity (Wildman–Crippen MR) is 62.5 cm³/mol. The van der Waals surface area contributed by atoms with E-state index in [4.69, 9.17) is 0 Å². The number of amides is 2. The average Bonchev–Trinajstić information content (AvgIpc) is 2.27. The van der Waals surface area contributed by atoms with E-state index in [2.05, 4.69) is 10.1 Å². The van der Waals surface area contributed by atoms with Crippen LogP contribution in [-0.2, 0) is 9.53 Å². The molecule has 1 aliphatic heterocycles. The standard InChI is InChI=1S/C12H20N2O3/c1-17-12(16)13-10-5-7-14(8-6-10)11(15)9-3-2-4-9/h9-10H,2-8H2,1H3,(H,13,16). The van der Waals surface area contributed by atoms with Crippen molar-refractivity contribution in [2.75, 3.05) is 20.2 Å². The van der Waals surface area contributed by atoms with Gasteiger partial charge < -0.3 is 15.0 Å². The Kier molecular flexibility index (Phi) is 3.86. The number of carbonyl (C=O) groups is 2. The molecular weight excluding hydrogens is 220 g/mol. The number of likely N-dealkylation sites (tertiary alicyclic amines) is 1. The van der Waals surface area contributed by atoms with Crippen LogP contribution in [0.25, 0.3) is 0 Å². The van der Waals surface area contributed by atoms with Crippen molar-refractivity contribution in [2.24, 2.45) is 5.92 Å². The number of nitrogens with zero attached hydrogens (tertiary/aromatic N) is 1. The number of methoxy groups -OCH3 is 1. The fraction of sp³-hybridized carbons (Fsp3) is 0.833. The molecule has 1 N–H and O–H groups in total. The first-order valence-electron chi connectivity index (χ1n) is 6.34. The largest absolute Gasteiger partial charge is 0.453 e. The van der Waals surface area contributed by atoms with Gasteiger partial charge in [-0.1, -0.05) is 6.42 Å². The Balaban J connectivity index is 1.73. The minimum atomic E-state index is -0.381. The lowest BCUT2D eigenvalue weighted by Crippen LogP contribution is -2.48. The molecule has 1 heterocycles. The highest BCUT2D eigenvalue weighted by atomic mass is 16.5. The first kappa shape index (κ1) is 12.2. The maximum atomic E-state index is 12.0. The molecule has 0 unspecified atom stereocenters. The van der Waals surface area contributed by atoms with Crippen molar-refractivity contribution in [2.45, 2.75) is 38.1 Å². The number of rotatable bonds is 2. The molecule has 1 saturated carbocycles. The first-order valence-corrected chi connectivity index (χ1v) is 6.34. The van der Waals surface area contributed by atoms with Crippen LogP contribution in [-0.4, -0.2) is 43.1 Å². The molecule has 2 aliphatic rings. The van der Waals surface area contributed by atoms with Crippen molar-refractivity contribution in [3.63, 3.8) is 0 Å². The molecule has 0 spiro atoms. The SMILES string of the molecule is COC(=O)NC1CCN(C(=O)C2CCC2)CC1. The Labute approximate surface area is 101 Å². The summed E-state index contributed by atoms with van der Waals surface area (Å²) in [7, 11) is 1.37. The highest BCUT2D eigenvalue weighted by Crippen LogP contribution is 2.29.